The topological polar surface area (TPSA) is 39.9 Å². The van der Waals surface area contributed by atoms with Crippen molar-refractivity contribution in [3.63, 3.8) is 0 Å². The number of nitrogens with zero attached hydrogens (tertiary/aromatic N) is 3. The van der Waals surface area contributed by atoms with Crippen molar-refractivity contribution in [2.24, 2.45) is 0 Å². The molecule has 4 nitrogen and oxygen atoms in total. The van der Waals surface area contributed by atoms with Crippen LogP contribution in [0.4, 0.5) is 0 Å². The van der Waals surface area contributed by atoms with Crippen molar-refractivity contribution < 1.29 is 4.74 Å². The number of hydrogen-bond donors (Lipinski definition) is 0. The molecule has 0 aliphatic carbocycles. The minimum Gasteiger partial charge on any atom is -0.371 e. The Labute approximate surface area is 78.9 Å². The lowest BCUT2D eigenvalue weighted by Crippen LogP contribution is -2.25. The third kappa shape index (κ3) is 1.88. The number of rotatable bonds is 3. The molecule has 1 aromatic rings. The van der Waals surface area contributed by atoms with Gasteiger partial charge in [-0.25, -0.2) is 0 Å². The lowest BCUT2D eigenvalue weighted by Gasteiger charge is -2.23. The molecule has 0 aliphatic rings. The molecule has 1 rings (SSSR count). The molecular weight excluding hydrogens is 166 g/mol. The van der Waals surface area contributed by atoms with Crippen LogP contribution in [0.25, 0.3) is 0 Å². The highest BCUT2D eigenvalue weighted by atomic mass is 16.5. The van der Waals surface area contributed by atoms with E-state index in [2.05, 4.69) is 24.0 Å². The van der Waals surface area contributed by atoms with Crippen molar-refractivity contribution in [2.75, 3.05) is 7.11 Å². The lowest BCUT2D eigenvalue weighted by molar-refractivity contribution is 0.00747. The van der Waals surface area contributed by atoms with Crippen molar-refractivity contribution in [1.29, 1.82) is 0 Å². The zero-order chi connectivity index (χ0) is 10.1. The summed E-state index contributed by atoms with van der Waals surface area (Å²) in [5.41, 5.74) is -0.374. The Bertz CT molecular complexity index is 278. The molecule has 0 atom stereocenters. The Morgan fingerprint density at radius 1 is 1.46 bits per heavy atom. The van der Waals surface area contributed by atoms with E-state index in [-0.39, 0.29) is 5.60 Å². The van der Waals surface area contributed by atoms with Crippen molar-refractivity contribution >= 4 is 0 Å². The average Bonchev–Trinajstić information content (AvgIpc) is 2.52. The van der Waals surface area contributed by atoms with E-state index in [1.54, 1.807) is 13.4 Å². The highest BCUT2D eigenvalue weighted by Crippen LogP contribution is 2.23. The van der Waals surface area contributed by atoms with Crippen LogP contribution in [0.1, 0.15) is 39.6 Å². The first-order valence-corrected chi connectivity index (χ1v) is 4.44. The highest BCUT2D eigenvalue weighted by molar-refractivity contribution is 4.99. The molecule has 13 heavy (non-hydrogen) atoms. The summed E-state index contributed by atoms with van der Waals surface area (Å²) in [4.78, 5) is 0. The Balaban J connectivity index is 3.07. The summed E-state index contributed by atoms with van der Waals surface area (Å²) in [5, 5.41) is 7.96. The maximum atomic E-state index is 5.35. The fourth-order valence-corrected chi connectivity index (χ4v) is 1.14. The second-order valence-corrected chi connectivity index (χ2v) is 3.87. The molecule has 0 amide bonds. The Hall–Kier alpha value is -0.900. The van der Waals surface area contributed by atoms with E-state index in [1.807, 2.05) is 18.4 Å². The van der Waals surface area contributed by atoms with Crippen LogP contribution in [-0.4, -0.2) is 21.9 Å². The van der Waals surface area contributed by atoms with E-state index in [0.29, 0.717) is 6.04 Å². The van der Waals surface area contributed by atoms with E-state index in [9.17, 15) is 0 Å². The second-order valence-electron chi connectivity index (χ2n) is 3.87. The number of aromatic nitrogens is 3. The van der Waals surface area contributed by atoms with Crippen molar-refractivity contribution in [3.8, 4) is 0 Å². The minimum absolute atomic E-state index is 0.361. The van der Waals surface area contributed by atoms with Gasteiger partial charge >= 0.3 is 0 Å². The maximum Gasteiger partial charge on any atom is 0.164 e. The van der Waals surface area contributed by atoms with Crippen molar-refractivity contribution in [1.82, 2.24) is 14.8 Å². The summed E-state index contributed by atoms with van der Waals surface area (Å²) in [6.45, 7) is 8.16. The van der Waals surface area contributed by atoms with Crippen LogP contribution in [0.5, 0.6) is 0 Å². The van der Waals surface area contributed by atoms with Crippen LogP contribution < -0.4 is 0 Å². The third-order valence-corrected chi connectivity index (χ3v) is 2.18. The van der Waals surface area contributed by atoms with Crippen LogP contribution >= 0.6 is 0 Å². The van der Waals surface area contributed by atoms with Gasteiger partial charge in [-0.15, -0.1) is 10.2 Å². The smallest absolute Gasteiger partial charge is 0.164 e. The summed E-state index contributed by atoms with van der Waals surface area (Å²) in [5.74, 6) is 0.866. The normalized spacial score (nSPS) is 12.5. The van der Waals surface area contributed by atoms with Gasteiger partial charge in [0.05, 0.1) is 0 Å². The quantitative estimate of drug-likeness (QED) is 0.716. The Morgan fingerprint density at radius 3 is 2.54 bits per heavy atom. The van der Waals surface area contributed by atoms with Gasteiger partial charge in [-0.3, -0.25) is 0 Å². The molecule has 0 saturated carbocycles. The summed E-state index contributed by atoms with van der Waals surface area (Å²) in [7, 11) is 1.68. The van der Waals surface area contributed by atoms with Gasteiger partial charge in [-0.2, -0.15) is 0 Å². The van der Waals surface area contributed by atoms with Crippen LogP contribution in [0, 0.1) is 0 Å². The third-order valence-electron chi connectivity index (χ3n) is 2.18. The summed E-state index contributed by atoms with van der Waals surface area (Å²) in [6, 6.07) is 0.361. The van der Waals surface area contributed by atoms with Gasteiger partial charge in [0.2, 0.25) is 0 Å². The summed E-state index contributed by atoms with van der Waals surface area (Å²) in [6.07, 6.45) is 1.74. The molecule has 0 bridgehead atoms. The zero-order valence-corrected chi connectivity index (χ0v) is 8.90. The first kappa shape index (κ1) is 10.2. The van der Waals surface area contributed by atoms with Crippen LogP contribution in [0.15, 0.2) is 6.33 Å². The van der Waals surface area contributed by atoms with E-state index in [1.165, 1.54) is 0 Å². The van der Waals surface area contributed by atoms with Gasteiger partial charge in [-0.1, -0.05) is 0 Å². The predicted octanol–water partition coefficient (Wildman–Crippen LogP) is 1.74. The fraction of sp³-hybridized carbons (Fsp3) is 0.778. The maximum absolute atomic E-state index is 5.35. The molecule has 0 radical (unpaired) electrons. The first-order valence-electron chi connectivity index (χ1n) is 4.44. The van der Waals surface area contributed by atoms with E-state index in [4.69, 9.17) is 4.74 Å². The van der Waals surface area contributed by atoms with Gasteiger partial charge in [0.15, 0.2) is 5.82 Å². The van der Waals surface area contributed by atoms with Crippen LogP contribution in [0.2, 0.25) is 0 Å². The van der Waals surface area contributed by atoms with Crippen LogP contribution in [0.3, 0.4) is 0 Å². The molecule has 74 valence electrons. The van der Waals surface area contributed by atoms with Gasteiger partial charge in [0.25, 0.3) is 0 Å². The molecule has 0 fully saturated rings. The monoisotopic (exact) mass is 183 g/mol. The number of hydrogen-bond acceptors (Lipinski definition) is 3. The minimum atomic E-state index is -0.374. The molecule has 0 N–H and O–H groups in total. The fourth-order valence-electron chi connectivity index (χ4n) is 1.14. The molecule has 0 unspecified atom stereocenters. The largest absolute Gasteiger partial charge is 0.371 e. The van der Waals surface area contributed by atoms with Gasteiger partial charge in [0, 0.05) is 13.2 Å². The summed E-state index contributed by atoms with van der Waals surface area (Å²) >= 11 is 0. The molecule has 0 spiro atoms. The van der Waals surface area contributed by atoms with Crippen LogP contribution in [-0.2, 0) is 10.3 Å². The predicted molar refractivity (Wildman–Crippen MR) is 50.4 cm³/mol. The molecule has 0 aromatic carbocycles. The number of ether oxygens (including phenoxy) is 1. The molecular formula is C9H17N3O. The van der Waals surface area contributed by atoms with Gasteiger partial charge in [0.1, 0.15) is 11.9 Å². The molecule has 4 heteroatoms. The second kappa shape index (κ2) is 3.46. The van der Waals surface area contributed by atoms with E-state index < -0.39 is 0 Å². The van der Waals surface area contributed by atoms with Crippen molar-refractivity contribution in [2.45, 2.75) is 39.3 Å². The summed E-state index contributed by atoms with van der Waals surface area (Å²) < 4.78 is 7.37. The van der Waals surface area contributed by atoms with Gasteiger partial charge < -0.3 is 9.30 Å². The van der Waals surface area contributed by atoms with E-state index >= 15 is 0 Å². The SMILES string of the molecule is COC(C)(C)c1nncn1C(C)C. The Kier molecular flexibility index (Phi) is 2.71. The number of methoxy groups -OCH3 is 1. The highest BCUT2D eigenvalue weighted by Gasteiger charge is 2.26. The lowest BCUT2D eigenvalue weighted by atomic mass is 10.1. The molecule has 1 aromatic heterocycles. The van der Waals surface area contributed by atoms with Crippen molar-refractivity contribution in [3.05, 3.63) is 12.2 Å². The molecule has 0 aliphatic heterocycles. The van der Waals surface area contributed by atoms with Gasteiger partial charge in [-0.05, 0) is 27.7 Å². The molecule has 1 heterocycles. The zero-order valence-electron chi connectivity index (χ0n) is 8.90. The molecule has 0 saturated heterocycles. The standard InChI is InChI=1S/C9H17N3O/c1-7(2)12-6-10-11-8(12)9(3,4)13-5/h6-7H,1-5H3. The first-order chi connectivity index (χ1) is 5.99. The average molecular weight is 183 g/mol. The Morgan fingerprint density at radius 2 is 2.08 bits per heavy atom. The van der Waals surface area contributed by atoms with E-state index in [0.717, 1.165) is 5.82 Å².